The van der Waals surface area contributed by atoms with Crippen LogP contribution in [0.2, 0.25) is 0 Å². The van der Waals surface area contributed by atoms with Gasteiger partial charge < -0.3 is 19.9 Å². The topological polar surface area (TPSA) is 148 Å². The monoisotopic (exact) mass is 811 g/mol. The Morgan fingerprint density at radius 3 is 1.31 bits per heavy atom. The summed E-state index contributed by atoms with van der Waals surface area (Å²) in [5.74, 6) is -4.83. The van der Waals surface area contributed by atoms with Crippen molar-refractivity contribution < 1.29 is 71.7 Å². The quantitative estimate of drug-likeness (QED) is 0.136. The van der Waals surface area contributed by atoms with Crippen LogP contribution < -0.4 is 15.2 Å². The van der Waals surface area contributed by atoms with Gasteiger partial charge in [0.2, 0.25) is 11.6 Å². The Balaban J connectivity index is 0.000000379. The molecule has 0 saturated heterocycles. The summed E-state index contributed by atoms with van der Waals surface area (Å²) in [6.07, 6.45) is -15.2. The third-order valence-corrected chi connectivity index (χ3v) is 5.95. The molecule has 0 fully saturated rings. The van der Waals surface area contributed by atoms with Crippen LogP contribution in [-0.4, -0.2) is 54.2 Å². The fraction of sp³-hybridized carbons (Fsp3) is 0.367. The Hall–Kier alpha value is -5.06. The van der Waals surface area contributed by atoms with E-state index >= 15 is 0 Å². The number of hydrogen-bond donors (Lipinski definition) is 1. The highest BCUT2D eigenvalue weighted by Crippen LogP contribution is 2.36. The number of pyridine rings is 2. The van der Waals surface area contributed by atoms with Gasteiger partial charge in [-0.15, -0.1) is 38.7 Å². The molecule has 24 heteroatoms. The zero-order chi connectivity index (χ0) is 40.0. The van der Waals surface area contributed by atoms with Gasteiger partial charge in [-0.2, -0.15) is 26.3 Å². The second-order valence-electron chi connectivity index (χ2n) is 11.3. The molecule has 0 unspecified atom stereocenters. The van der Waals surface area contributed by atoms with Gasteiger partial charge in [0.1, 0.15) is 5.60 Å². The summed E-state index contributed by atoms with van der Waals surface area (Å²) in [6.45, 7) is 4.94. The van der Waals surface area contributed by atoms with E-state index in [0.29, 0.717) is 0 Å². The first-order valence-corrected chi connectivity index (χ1v) is 14.4. The summed E-state index contributed by atoms with van der Waals surface area (Å²) in [4.78, 5) is 31.8. The molecule has 4 aromatic heterocycles. The van der Waals surface area contributed by atoms with Gasteiger partial charge in [0, 0.05) is 65.7 Å². The number of alkyl halides is 12. The van der Waals surface area contributed by atoms with Gasteiger partial charge in [-0.25, -0.2) is 19.9 Å². The summed E-state index contributed by atoms with van der Waals surface area (Å²) in [7, 11) is 0. The molecule has 0 atom stereocenters. The van der Waals surface area contributed by atoms with Crippen molar-refractivity contribution in [2.75, 3.05) is 0 Å². The van der Waals surface area contributed by atoms with Crippen molar-refractivity contribution in [2.45, 2.75) is 70.8 Å². The van der Waals surface area contributed by atoms with Crippen LogP contribution in [0.25, 0.3) is 22.3 Å². The van der Waals surface area contributed by atoms with Gasteiger partial charge in [-0.3, -0.25) is 14.8 Å². The molecule has 11 nitrogen and oxygen atoms in total. The Bertz CT molecular complexity index is 1850. The van der Waals surface area contributed by atoms with E-state index in [0.717, 1.165) is 49.3 Å². The first-order valence-electron chi connectivity index (χ1n) is 14.4. The largest absolute Gasteiger partial charge is 0.573 e. The second-order valence-corrected chi connectivity index (χ2v) is 11.3. The van der Waals surface area contributed by atoms with E-state index in [1.165, 1.54) is 0 Å². The van der Waals surface area contributed by atoms with Crippen molar-refractivity contribution in [1.29, 1.82) is 0 Å². The number of aryl methyl sites for hydroxylation is 1. The molecule has 0 aliphatic carbocycles. The maximum Gasteiger partial charge on any atom is 0.573 e. The number of carbonyl (C=O) groups excluding carboxylic acids is 1. The van der Waals surface area contributed by atoms with Crippen LogP contribution in [0.4, 0.5) is 52.7 Å². The van der Waals surface area contributed by atoms with Gasteiger partial charge in [0.25, 0.3) is 0 Å². The molecule has 4 rings (SSSR count). The molecule has 296 valence electrons. The highest BCUT2D eigenvalue weighted by atomic mass is 35.5. The number of nitrogens with two attached hydrogens (primary N) is 1. The van der Waals surface area contributed by atoms with Crippen LogP contribution in [-0.2, 0) is 34.8 Å². The number of halogens is 13. The zero-order valence-corrected chi connectivity index (χ0v) is 28.4. The van der Waals surface area contributed by atoms with Crippen molar-refractivity contribution in [3.63, 3.8) is 0 Å². The van der Waals surface area contributed by atoms with Crippen LogP contribution in [0.15, 0.2) is 49.3 Å². The minimum atomic E-state index is -5.05. The fourth-order valence-corrected chi connectivity index (χ4v) is 3.93. The summed E-state index contributed by atoms with van der Waals surface area (Å²) in [5, 5.41) is 0. The lowest BCUT2D eigenvalue weighted by Crippen LogP contribution is -2.24. The van der Waals surface area contributed by atoms with Crippen molar-refractivity contribution in [2.24, 2.45) is 5.73 Å². The fourth-order valence-electron chi connectivity index (χ4n) is 3.93. The average Bonchev–Trinajstić information content (AvgIpc) is 3.02. The van der Waals surface area contributed by atoms with Gasteiger partial charge in [-0.05, 0) is 32.9 Å². The van der Waals surface area contributed by atoms with Crippen molar-refractivity contribution in [1.82, 2.24) is 29.9 Å². The molecular weight excluding hydrogens is 786 g/mol. The molecule has 4 aromatic rings. The molecule has 0 aliphatic rings. The minimum absolute atomic E-state index is 0. The van der Waals surface area contributed by atoms with Gasteiger partial charge >= 0.3 is 31.0 Å². The van der Waals surface area contributed by atoms with Crippen molar-refractivity contribution >= 4 is 18.4 Å². The van der Waals surface area contributed by atoms with E-state index in [9.17, 15) is 57.5 Å². The minimum Gasteiger partial charge on any atom is -0.460 e. The SMILES string of the molecule is CC(C)(C)OC(=O)CCc1cc(-c2cnc(C(F)(F)F)nc2)c(OC(F)(F)F)cn1.Cl.NCc1cc(-c2cnc(C(F)(F)F)nc2)c(OC(F)(F)F)cn1. The van der Waals surface area contributed by atoms with E-state index in [1.54, 1.807) is 20.8 Å². The first kappa shape index (κ1) is 45.1. The number of carbonyl (C=O) groups is 1. The number of esters is 1. The Morgan fingerprint density at radius 1 is 0.611 bits per heavy atom. The maximum atomic E-state index is 12.7. The molecule has 0 aliphatic heterocycles. The smallest absolute Gasteiger partial charge is 0.460 e. The van der Waals surface area contributed by atoms with Gasteiger partial charge in [0.15, 0.2) is 11.5 Å². The predicted molar refractivity (Wildman–Crippen MR) is 163 cm³/mol. The number of ether oxygens (including phenoxy) is 3. The molecule has 0 bridgehead atoms. The summed E-state index contributed by atoms with van der Waals surface area (Å²) in [5.41, 5.74) is 4.40. The molecule has 0 saturated carbocycles. The first-order chi connectivity index (χ1) is 24.2. The van der Waals surface area contributed by atoms with Crippen LogP contribution >= 0.6 is 12.4 Å². The average molecular weight is 812 g/mol. The summed E-state index contributed by atoms with van der Waals surface area (Å²) in [6, 6.07) is 2.32. The van der Waals surface area contributed by atoms with Crippen LogP contribution in [0, 0.1) is 0 Å². The lowest BCUT2D eigenvalue weighted by atomic mass is 10.1. The van der Waals surface area contributed by atoms with E-state index < -0.39 is 59.8 Å². The lowest BCUT2D eigenvalue weighted by molar-refractivity contribution is -0.275. The highest BCUT2D eigenvalue weighted by molar-refractivity contribution is 5.85. The number of rotatable bonds is 8. The molecule has 0 aromatic carbocycles. The molecule has 0 radical (unpaired) electrons. The van der Waals surface area contributed by atoms with E-state index in [-0.39, 0.29) is 65.4 Å². The van der Waals surface area contributed by atoms with Crippen LogP contribution in [0.3, 0.4) is 0 Å². The highest BCUT2D eigenvalue weighted by Gasteiger charge is 2.37. The third kappa shape index (κ3) is 14.4. The lowest BCUT2D eigenvalue weighted by Gasteiger charge is -2.19. The normalized spacial score (nSPS) is 12.2. The number of nitrogens with zero attached hydrogens (tertiary/aromatic N) is 6. The zero-order valence-electron chi connectivity index (χ0n) is 27.6. The third-order valence-electron chi connectivity index (χ3n) is 5.95. The van der Waals surface area contributed by atoms with E-state index in [1.807, 2.05) is 0 Å². The van der Waals surface area contributed by atoms with Gasteiger partial charge in [-0.1, -0.05) is 0 Å². The Morgan fingerprint density at radius 2 is 0.981 bits per heavy atom. The molecule has 2 N–H and O–H groups in total. The van der Waals surface area contributed by atoms with E-state index in [2.05, 4.69) is 39.4 Å². The van der Waals surface area contributed by atoms with Crippen LogP contribution in [0.1, 0.15) is 50.2 Å². The van der Waals surface area contributed by atoms with Crippen molar-refractivity contribution in [3.05, 3.63) is 72.4 Å². The maximum absolute atomic E-state index is 12.7. The van der Waals surface area contributed by atoms with Gasteiger partial charge in [0.05, 0.1) is 24.5 Å². The van der Waals surface area contributed by atoms with Crippen molar-refractivity contribution in [3.8, 4) is 33.8 Å². The Labute approximate surface area is 302 Å². The standard InChI is InChI=1S/C18H17F6N3O3.C12H8F6N4O.ClH/c1-16(2,3)30-14(28)5-4-11-6-12(13(9-25-11)29-18(22,23)24)10-7-26-15(27-8-10)17(19,20)21;13-11(14,15)10-21-3-6(4-22-10)8-1-7(2-19)20-5-9(8)23-12(16,17)18;/h6-9H,4-5H2,1-3H3;1,3-5H,2,19H2;1H. The number of aromatic nitrogens is 6. The van der Waals surface area contributed by atoms with Crippen LogP contribution in [0.5, 0.6) is 11.5 Å². The molecule has 4 heterocycles. The number of hydrogen-bond acceptors (Lipinski definition) is 11. The molecular formula is C30H26ClF12N7O4. The van der Waals surface area contributed by atoms with E-state index in [4.69, 9.17) is 10.5 Å². The predicted octanol–water partition coefficient (Wildman–Crippen LogP) is 8.07. The molecule has 54 heavy (non-hydrogen) atoms. The summed E-state index contributed by atoms with van der Waals surface area (Å²) >= 11 is 0. The summed E-state index contributed by atoms with van der Waals surface area (Å²) < 4.78 is 163. The Kier molecular flexibility index (Phi) is 14.5. The molecule has 0 amide bonds. The second kappa shape index (κ2) is 17.4. The molecule has 0 spiro atoms.